The van der Waals surface area contributed by atoms with E-state index in [1.807, 2.05) is 0 Å². The van der Waals surface area contributed by atoms with Crippen molar-refractivity contribution in [2.75, 3.05) is 20.3 Å². The van der Waals surface area contributed by atoms with Crippen molar-refractivity contribution in [1.82, 2.24) is 13.9 Å². The number of nitrogens with zero attached hydrogens (tertiary/aromatic N) is 3. The Kier molecular flexibility index (Phi) is 10.2. The summed E-state index contributed by atoms with van der Waals surface area (Å²) < 4.78 is 52.7. The molecular formula is C25H26N3NaO7S2. The number of benzene rings is 2. The molecule has 0 aliphatic rings. The second-order valence-corrected chi connectivity index (χ2v) is 11.2. The molecule has 38 heavy (non-hydrogen) atoms. The molecule has 1 atom stereocenters. The van der Waals surface area contributed by atoms with Crippen molar-refractivity contribution in [3.05, 3.63) is 77.6 Å². The number of ether oxygens (including phenoxy) is 2. The second kappa shape index (κ2) is 13.0. The van der Waals surface area contributed by atoms with E-state index in [-0.39, 0.29) is 57.9 Å². The first-order chi connectivity index (χ1) is 17.7. The first-order valence-corrected chi connectivity index (χ1v) is 14.0. The largest absolute Gasteiger partial charge is 1.00 e. The molecule has 0 spiro atoms. The summed E-state index contributed by atoms with van der Waals surface area (Å²) in [5.41, 5.74) is 1.55. The van der Waals surface area contributed by atoms with Crippen LogP contribution in [0.5, 0.6) is 5.75 Å². The average Bonchev–Trinajstić information content (AvgIpc) is 3.29. The van der Waals surface area contributed by atoms with Crippen LogP contribution in [0.4, 0.5) is 0 Å². The van der Waals surface area contributed by atoms with E-state index in [9.17, 15) is 22.5 Å². The number of rotatable bonds is 11. The molecular weight excluding hydrogens is 541 g/mol. The van der Waals surface area contributed by atoms with Crippen LogP contribution in [0.1, 0.15) is 29.5 Å². The van der Waals surface area contributed by atoms with Gasteiger partial charge in [0.15, 0.2) is 0 Å². The number of imidazole rings is 1. The molecule has 0 radical (unpaired) electrons. The molecule has 1 N–H and O–H groups in total. The Morgan fingerprint density at radius 2 is 1.89 bits per heavy atom. The molecule has 4 aromatic rings. The van der Waals surface area contributed by atoms with E-state index in [1.54, 1.807) is 50.6 Å². The zero-order valence-corrected chi connectivity index (χ0v) is 24.8. The van der Waals surface area contributed by atoms with E-state index in [4.69, 9.17) is 9.47 Å². The maximum absolute atomic E-state index is 13.7. The number of hydrogen-bond acceptors (Lipinski definition) is 8. The summed E-state index contributed by atoms with van der Waals surface area (Å²) >= 11 is 0. The van der Waals surface area contributed by atoms with Crippen molar-refractivity contribution in [2.24, 2.45) is 0 Å². The molecule has 0 bridgehead atoms. The van der Waals surface area contributed by atoms with Crippen molar-refractivity contribution in [1.29, 1.82) is 0 Å². The number of para-hydroxylation sites is 2. The summed E-state index contributed by atoms with van der Waals surface area (Å²) in [6, 6.07) is 13.2. The number of hydrogen-bond donors (Lipinski definition) is 1. The van der Waals surface area contributed by atoms with Gasteiger partial charge in [0.05, 0.1) is 50.3 Å². The van der Waals surface area contributed by atoms with E-state index >= 15 is 0 Å². The third-order valence-corrected chi connectivity index (χ3v) is 8.62. The minimum Gasteiger partial charge on any atom is -1.00 e. The van der Waals surface area contributed by atoms with E-state index in [2.05, 4.69) is 9.97 Å². The van der Waals surface area contributed by atoms with Gasteiger partial charge in [-0.05, 0) is 43.3 Å². The molecule has 10 nitrogen and oxygen atoms in total. The van der Waals surface area contributed by atoms with Crippen molar-refractivity contribution < 1.29 is 63.0 Å². The summed E-state index contributed by atoms with van der Waals surface area (Å²) in [5.74, 6) is -0.776. The predicted octanol–water partition coefficient (Wildman–Crippen LogP) is 0.515. The van der Waals surface area contributed by atoms with Gasteiger partial charge in [0.2, 0.25) is 5.16 Å². The number of carbonyl (C=O) groups is 1. The van der Waals surface area contributed by atoms with Crippen LogP contribution in [0.2, 0.25) is 0 Å². The van der Waals surface area contributed by atoms with Crippen LogP contribution in [0, 0.1) is 6.92 Å². The molecule has 0 aliphatic carbocycles. The van der Waals surface area contributed by atoms with Crippen LogP contribution in [-0.2, 0) is 31.3 Å². The van der Waals surface area contributed by atoms with Gasteiger partial charge in [-0.2, -0.15) is 0 Å². The summed E-state index contributed by atoms with van der Waals surface area (Å²) in [6.45, 7) is 2.79. The Hall–Kier alpha value is -2.61. The van der Waals surface area contributed by atoms with Crippen molar-refractivity contribution in [3.63, 3.8) is 0 Å². The molecule has 0 amide bonds. The van der Waals surface area contributed by atoms with Gasteiger partial charge in [0.25, 0.3) is 10.0 Å². The van der Waals surface area contributed by atoms with Gasteiger partial charge in [-0.3, -0.25) is 9.19 Å². The first kappa shape index (κ1) is 29.9. The van der Waals surface area contributed by atoms with Crippen molar-refractivity contribution >= 4 is 37.8 Å². The number of carboxylic acid groups (broad SMARTS) is 1. The molecule has 4 rings (SSSR count). The van der Waals surface area contributed by atoms with Gasteiger partial charge in [-0.15, -0.1) is 0 Å². The number of fused-ring (bicyclic) bond motifs is 1. The molecule has 0 saturated carbocycles. The molecule has 196 valence electrons. The van der Waals surface area contributed by atoms with Gasteiger partial charge >= 0.3 is 35.5 Å². The van der Waals surface area contributed by atoms with E-state index in [0.717, 1.165) is 10.0 Å². The number of aromatic carboxylic acids is 1. The smallest absolute Gasteiger partial charge is 1.00 e. The van der Waals surface area contributed by atoms with Crippen LogP contribution >= 0.6 is 0 Å². The first-order valence-electron chi connectivity index (χ1n) is 11.2. The normalized spacial score (nSPS) is 12.2. The van der Waals surface area contributed by atoms with Crippen molar-refractivity contribution in [2.45, 2.75) is 29.1 Å². The van der Waals surface area contributed by atoms with Gasteiger partial charge < -0.3 is 16.0 Å². The molecule has 2 heterocycles. The van der Waals surface area contributed by atoms with Crippen LogP contribution in [0.15, 0.2) is 70.8 Å². The van der Waals surface area contributed by atoms with Crippen LogP contribution in [0.25, 0.3) is 11.0 Å². The topological polar surface area (TPSA) is 138 Å². The van der Waals surface area contributed by atoms with Gasteiger partial charge in [0, 0.05) is 31.9 Å². The maximum atomic E-state index is 13.7. The third kappa shape index (κ3) is 6.33. The number of methoxy groups -OCH3 is 1. The molecule has 0 fully saturated rings. The van der Waals surface area contributed by atoms with E-state index < -0.39 is 26.8 Å². The number of pyridine rings is 1. The minimum atomic E-state index is -4.34. The quantitative estimate of drug-likeness (QED) is 0.203. The fourth-order valence-electron chi connectivity index (χ4n) is 3.69. The molecule has 0 aliphatic heterocycles. The molecule has 13 heteroatoms. The number of aromatic nitrogens is 3. The average molecular weight is 568 g/mol. The minimum absolute atomic E-state index is 0. The van der Waals surface area contributed by atoms with E-state index in [0.29, 0.717) is 42.2 Å². The fourth-order valence-corrected chi connectivity index (χ4v) is 6.78. The molecule has 1 unspecified atom stereocenters. The zero-order chi connectivity index (χ0) is 26.6. The Morgan fingerprint density at radius 1 is 1.13 bits per heavy atom. The maximum Gasteiger partial charge on any atom is 1.00 e. The van der Waals surface area contributed by atoms with Gasteiger partial charge in [-0.1, -0.05) is 18.2 Å². The Bertz CT molecular complexity index is 1600. The molecule has 2 aromatic heterocycles. The number of carboxylic acids is 1. The summed E-state index contributed by atoms with van der Waals surface area (Å²) in [5, 5.41) is 9.14. The molecule has 2 aromatic carbocycles. The fraction of sp³-hybridized carbons (Fsp3) is 0.240. The predicted molar refractivity (Wildman–Crippen MR) is 138 cm³/mol. The standard InChI is InChI=1S/C25H25N3O7S2.Na.H/c1-17-21(26-12-11-23(17)35-14-6-13-34-2)16-36(31)25-27-20-9-3-4-10-22(20)28(25)37(32,33)19-8-5-7-18(15-19)24(29)30;;/h3-5,7-12,15H,6,13-14,16H2,1-2H3,(H,29,30);;/q;+1;-1. The zero-order valence-electron chi connectivity index (χ0n) is 22.2. The van der Waals surface area contributed by atoms with Crippen LogP contribution in [-0.4, -0.2) is 58.0 Å². The Morgan fingerprint density at radius 3 is 2.63 bits per heavy atom. The van der Waals surface area contributed by atoms with Crippen molar-refractivity contribution in [3.8, 4) is 5.75 Å². The van der Waals surface area contributed by atoms with Crippen LogP contribution in [0.3, 0.4) is 0 Å². The van der Waals surface area contributed by atoms with Crippen LogP contribution < -0.4 is 34.3 Å². The monoisotopic (exact) mass is 567 g/mol. The summed E-state index contributed by atoms with van der Waals surface area (Å²) in [7, 11) is -4.65. The second-order valence-electron chi connectivity index (χ2n) is 8.05. The Labute approximate surface area is 246 Å². The Balaban J connectivity index is 0.00000267. The van der Waals surface area contributed by atoms with Gasteiger partial charge in [0.1, 0.15) is 5.75 Å². The van der Waals surface area contributed by atoms with E-state index in [1.165, 1.54) is 18.2 Å². The summed E-state index contributed by atoms with van der Waals surface area (Å²) in [4.78, 5) is 19.9. The third-order valence-electron chi connectivity index (χ3n) is 5.59. The SMILES string of the molecule is COCCCOc1ccnc(CS(=O)c2nc3ccccc3n2S(=O)(=O)c2cccc(C(=O)O)c2)c1C.[H-].[Na+]. The summed E-state index contributed by atoms with van der Waals surface area (Å²) in [6.07, 6.45) is 2.24. The molecule has 0 saturated heterocycles. The van der Waals surface area contributed by atoms with Gasteiger partial charge in [-0.25, -0.2) is 22.2 Å².